The molecule has 0 aliphatic heterocycles. The van der Waals surface area contributed by atoms with Gasteiger partial charge in [0.2, 0.25) is 5.91 Å². The minimum absolute atomic E-state index is 0.123. The smallest absolute Gasteiger partial charge is 0.227 e. The van der Waals surface area contributed by atoms with E-state index in [1.165, 1.54) is 89.0 Å². The van der Waals surface area contributed by atoms with Gasteiger partial charge < -0.3 is 5.32 Å². The molecule has 3 nitrogen and oxygen atoms in total. The molecular formula is C27H40N2OS. The Morgan fingerprint density at radius 3 is 2.00 bits per heavy atom. The van der Waals surface area contributed by atoms with Crippen molar-refractivity contribution in [2.75, 3.05) is 5.32 Å². The van der Waals surface area contributed by atoms with E-state index in [1.54, 1.807) is 11.8 Å². The summed E-state index contributed by atoms with van der Waals surface area (Å²) in [6.45, 7) is 7.99. The van der Waals surface area contributed by atoms with E-state index in [-0.39, 0.29) is 11.8 Å². The molecule has 0 saturated heterocycles. The van der Waals surface area contributed by atoms with Gasteiger partial charge in [-0.25, -0.2) is 4.98 Å². The van der Waals surface area contributed by atoms with Gasteiger partial charge in [0.25, 0.3) is 0 Å². The molecule has 1 N–H and O–H groups in total. The van der Waals surface area contributed by atoms with Crippen LogP contribution in [0.25, 0.3) is 6.08 Å². The van der Waals surface area contributed by atoms with Crippen molar-refractivity contribution in [1.82, 2.24) is 4.98 Å². The third kappa shape index (κ3) is 6.97. The number of nitrogens with one attached hydrogen (secondary N) is 1. The Kier molecular flexibility index (Phi) is 10.2. The second-order valence-electron chi connectivity index (χ2n) is 9.22. The lowest BCUT2D eigenvalue weighted by atomic mass is 9.83. The second-order valence-corrected chi connectivity index (χ2v) is 10.2. The minimum Gasteiger partial charge on any atom is -0.324 e. The monoisotopic (exact) mass is 440 g/mol. The number of anilines is 1. The molecule has 0 atom stereocenters. The van der Waals surface area contributed by atoms with Gasteiger partial charge in [-0.3, -0.25) is 4.79 Å². The number of pyridine rings is 1. The third-order valence-corrected chi connectivity index (χ3v) is 7.73. The Morgan fingerprint density at radius 1 is 0.903 bits per heavy atom. The van der Waals surface area contributed by atoms with Gasteiger partial charge in [0.05, 0.1) is 11.9 Å². The van der Waals surface area contributed by atoms with Crippen LogP contribution in [0.5, 0.6) is 0 Å². The molecule has 4 heteroatoms. The van der Waals surface area contributed by atoms with E-state index in [1.807, 2.05) is 17.7 Å². The lowest BCUT2D eigenvalue weighted by Gasteiger charge is -2.26. The number of hydrogen-bond donors (Lipinski definition) is 1. The summed E-state index contributed by atoms with van der Waals surface area (Å²) in [6.07, 6.45) is 22.1. The van der Waals surface area contributed by atoms with Gasteiger partial charge in [0.15, 0.2) is 0 Å². The molecule has 0 aromatic carbocycles. The summed E-state index contributed by atoms with van der Waals surface area (Å²) < 4.78 is 0. The fraction of sp³-hybridized carbons (Fsp3) is 0.630. The van der Waals surface area contributed by atoms with Crippen LogP contribution in [-0.2, 0) is 4.79 Å². The van der Waals surface area contributed by atoms with E-state index in [0.717, 1.165) is 29.1 Å². The summed E-state index contributed by atoms with van der Waals surface area (Å²) in [5, 5.41) is 6.12. The molecule has 1 amide bonds. The van der Waals surface area contributed by atoms with Crippen LogP contribution in [0.3, 0.4) is 0 Å². The highest BCUT2D eigenvalue weighted by Gasteiger charge is 2.25. The highest BCUT2D eigenvalue weighted by Crippen LogP contribution is 2.40. The first-order valence-corrected chi connectivity index (χ1v) is 13.4. The highest BCUT2D eigenvalue weighted by atomic mass is 32.2. The second kappa shape index (κ2) is 13.1. The zero-order valence-corrected chi connectivity index (χ0v) is 20.0. The Balaban J connectivity index is 1.89. The van der Waals surface area contributed by atoms with Crippen molar-refractivity contribution < 1.29 is 4.79 Å². The highest BCUT2D eigenvalue weighted by molar-refractivity contribution is 8.02. The Morgan fingerprint density at radius 2 is 1.45 bits per heavy atom. The molecule has 1 aromatic heterocycles. The molecule has 2 fully saturated rings. The first-order chi connectivity index (χ1) is 15.2. The zero-order valence-electron chi connectivity index (χ0n) is 19.2. The van der Waals surface area contributed by atoms with E-state index in [2.05, 4.69) is 23.5 Å². The molecule has 0 radical (unpaired) electrons. The summed E-state index contributed by atoms with van der Waals surface area (Å²) >= 11 is 1.55. The number of carbonyl (C=O) groups is 1. The number of amides is 1. The molecule has 0 bridgehead atoms. The number of carbonyl (C=O) groups excluding carboxylic acids is 1. The first-order valence-electron chi connectivity index (χ1n) is 12.5. The van der Waals surface area contributed by atoms with E-state index in [4.69, 9.17) is 0 Å². The Bertz CT molecular complexity index is 727. The maximum absolute atomic E-state index is 13.3. The number of hydrogen-bond acceptors (Lipinski definition) is 3. The van der Waals surface area contributed by atoms with Crippen molar-refractivity contribution >= 4 is 29.4 Å². The van der Waals surface area contributed by atoms with Gasteiger partial charge in [0.1, 0.15) is 5.03 Å². The molecule has 3 rings (SSSR count). The molecule has 2 aliphatic carbocycles. The normalized spacial score (nSPS) is 19.9. The zero-order chi connectivity index (χ0) is 21.9. The van der Waals surface area contributed by atoms with Crippen LogP contribution in [0, 0.1) is 5.92 Å². The van der Waals surface area contributed by atoms with Crippen LogP contribution < -0.4 is 5.32 Å². The predicted molar refractivity (Wildman–Crippen MR) is 134 cm³/mol. The fourth-order valence-corrected chi connectivity index (χ4v) is 5.90. The van der Waals surface area contributed by atoms with E-state index < -0.39 is 0 Å². The molecule has 1 heterocycles. The molecule has 0 unspecified atom stereocenters. The first kappa shape index (κ1) is 24.1. The minimum atomic E-state index is 0.123. The van der Waals surface area contributed by atoms with E-state index in [9.17, 15) is 4.79 Å². The topological polar surface area (TPSA) is 42.0 Å². The average Bonchev–Trinajstić information content (AvgIpc) is 2.89. The van der Waals surface area contributed by atoms with Crippen LogP contribution in [0.1, 0.15) is 113 Å². The summed E-state index contributed by atoms with van der Waals surface area (Å²) in [5.41, 5.74) is 3.26. The molecule has 2 aliphatic rings. The summed E-state index contributed by atoms with van der Waals surface area (Å²) in [7, 11) is 0. The van der Waals surface area contributed by atoms with Gasteiger partial charge in [-0.15, -0.1) is 0 Å². The SMILES string of the molecule is C=CSc1ncc(NC(=O)C2CCCCCCCC2)c(C2CCCCCCC2)c1C=C. The maximum Gasteiger partial charge on any atom is 0.227 e. The number of aromatic nitrogens is 1. The van der Waals surface area contributed by atoms with Gasteiger partial charge in [-0.1, -0.05) is 102 Å². The molecule has 170 valence electrons. The Labute approximate surface area is 193 Å². The summed E-state index contributed by atoms with van der Waals surface area (Å²) in [5.74, 6) is 0.768. The van der Waals surface area contributed by atoms with Crippen LogP contribution in [0.4, 0.5) is 5.69 Å². The van der Waals surface area contributed by atoms with E-state index >= 15 is 0 Å². The fourth-order valence-electron chi connectivity index (χ4n) is 5.31. The largest absolute Gasteiger partial charge is 0.324 e. The summed E-state index contributed by atoms with van der Waals surface area (Å²) in [4.78, 5) is 18.0. The third-order valence-electron chi connectivity index (χ3n) is 7.02. The van der Waals surface area contributed by atoms with Crippen molar-refractivity contribution in [2.24, 2.45) is 5.92 Å². The quantitative estimate of drug-likeness (QED) is 0.451. The molecule has 2 saturated carbocycles. The van der Waals surface area contributed by atoms with Crippen molar-refractivity contribution in [1.29, 1.82) is 0 Å². The van der Waals surface area contributed by atoms with Gasteiger partial charge in [-0.2, -0.15) is 0 Å². The van der Waals surface area contributed by atoms with Crippen LogP contribution >= 0.6 is 11.8 Å². The van der Waals surface area contributed by atoms with Gasteiger partial charge in [0, 0.05) is 11.5 Å². The Hall–Kier alpha value is -1.55. The van der Waals surface area contributed by atoms with Crippen LogP contribution in [0.2, 0.25) is 0 Å². The number of thioether (sulfide) groups is 1. The summed E-state index contributed by atoms with van der Waals surface area (Å²) in [6, 6.07) is 0. The predicted octanol–water partition coefficient (Wildman–Crippen LogP) is 8.48. The lowest BCUT2D eigenvalue weighted by Crippen LogP contribution is -2.24. The van der Waals surface area contributed by atoms with Crippen molar-refractivity contribution in [3.63, 3.8) is 0 Å². The number of nitrogens with zero attached hydrogens (tertiary/aromatic N) is 1. The molecule has 1 aromatic rings. The van der Waals surface area contributed by atoms with Crippen LogP contribution in [-0.4, -0.2) is 10.9 Å². The van der Waals surface area contributed by atoms with Crippen molar-refractivity contribution in [3.05, 3.63) is 35.9 Å². The molecule has 31 heavy (non-hydrogen) atoms. The van der Waals surface area contributed by atoms with Crippen molar-refractivity contribution in [2.45, 2.75) is 107 Å². The average molecular weight is 441 g/mol. The van der Waals surface area contributed by atoms with Gasteiger partial charge >= 0.3 is 0 Å². The van der Waals surface area contributed by atoms with Crippen LogP contribution in [0.15, 0.2) is 29.8 Å². The van der Waals surface area contributed by atoms with Gasteiger partial charge in [-0.05, 0) is 42.6 Å². The van der Waals surface area contributed by atoms with E-state index in [0.29, 0.717) is 5.92 Å². The maximum atomic E-state index is 13.3. The van der Waals surface area contributed by atoms with Crippen molar-refractivity contribution in [3.8, 4) is 0 Å². The standard InChI is InChI=1S/C27H40N2OS/c1-3-23-25(21-16-12-10-7-11-13-17-21)24(20-28-27(23)31-4-2)29-26(30)22-18-14-8-5-6-9-15-19-22/h3-4,20-22H,1-2,5-19H2,(H,29,30). The molecule has 0 spiro atoms. The lowest BCUT2D eigenvalue weighted by molar-refractivity contribution is -0.120. The molecular weight excluding hydrogens is 400 g/mol. The number of rotatable bonds is 6.